The SMILES string of the molecule is CC(C)n1cc(-c2ccccc2)c(=O)[nH]1. The Balaban J connectivity index is 2.50. The molecular weight excluding hydrogens is 188 g/mol. The van der Waals surface area contributed by atoms with E-state index < -0.39 is 0 Å². The molecule has 2 rings (SSSR count). The van der Waals surface area contributed by atoms with Crippen molar-refractivity contribution in [3.05, 3.63) is 46.9 Å². The standard InChI is InChI=1S/C12H14N2O/c1-9(2)14-8-11(12(15)13-14)10-6-4-3-5-7-10/h3-9H,1-2H3,(H,13,15). The highest BCUT2D eigenvalue weighted by atomic mass is 16.1. The third-order valence-corrected chi connectivity index (χ3v) is 2.38. The Kier molecular flexibility index (Phi) is 2.46. The topological polar surface area (TPSA) is 37.8 Å². The fraction of sp³-hybridized carbons (Fsp3) is 0.250. The molecule has 1 heterocycles. The smallest absolute Gasteiger partial charge is 0.271 e. The fourth-order valence-electron chi connectivity index (χ4n) is 1.51. The van der Waals surface area contributed by atoms with Crippen LogP contribution < -0.4 is 5.56 Å². The number of aromatic amines is 1. The van der Waals surface area contributed by atoms with Gasteiger partial charge in [-0.3, -0.25) is 14.6 Å². The fourth-order valence-corrected chi connectivity index (χ4v) is 1.51. The Hall–Kier alpha value is -1.77. The van der Waals surface area contributed by atoms with Crippen molar-refractivity contribution in [2.24, 2.45) is 0 Å². The molecule has 0 fully saturated rings. The first-order valence-corrected chi connectivity index (χ1v) is 5.05. The summed E-state index contributed by atoms with van der Waals surface area (Å²) in [5.41, 5.74) is 1.65. The van der Waals surface area contributed by atoms with E-state index in [1.54, 1.807) is 0 Å². The van der Waals surface area contributed by atoms with E-state index in [0.29, 0.717) is 0 Å². The maximum Gasteiger partial charge on any atom is 0.271 e. The number of nitrogens with one attached hydrogen (secondary N) is 1. The second-order valence-electron chi connectivity index (χ2n) is 3.85. The van der Waals surface area contributed by atoms with E-state index in [-0.39, 0.29) is 11.6 Å². The van der Waals surface area contributed by atoms with Gasteiger partial charge in [-0.15, -0.1) is 0 Å². The lowest BCUT2D eigenvalue weighted by molar-refractivity contribution is 0.528. The molecule has 0 aliphatic carbocycles. The summed E-state index contributed by atoms with van der Waals surface area (Å²) in [6.07, 6.45) is 1.86. The molecule has 1 N–H and O–H groups in total. The molecule has 3 heteroatoms. The summed E-state index contributed by atoms with van der Waals surface area (Å²) in [4.78, 5) is 11.7. The van der Waals surface area contributed by atoms with Crippen LogP contribution in [0, 0.1) is 0 Å². The molecule has 0 atom stereocenters. The highest BCUT2D eigenvalue weighted by molar-refractivity contribution is 5.61. The number of benzene rings is 1. The molecule has 0 spiro atoms. The van der Waals surface area contributed by atoms with E-state index in [1.807, 2.05) is 55.1 Å². The van der Waals surface area contributed by atoms with Gasteiger partial charge in [0.1, 0.15) is 0 Å². The normalized spacial score (nSPS) is 10.9. The molecule has 2 aromatic rings. The van der Waals surface area contributed by atoms with Gasteiger partial charge in [-0.2, -0.15) is 0 Å². The third kappa shape index (κ3) is 1.86. The van der Waals surface area contributed by atoms with Crippen molar-refractivity contribution in [2.75, 3.05) is 0 Å². The van der Waals surface area contributed by atoms with Crippen molar-refractivity contribution in [1.29, 1.82) is 0 Å². The number of hydrogen-bond acceptors (Lipinski definition) is 1. The van der Waals surface area contributed by atoms with Crippen molar-refractivity contribution in [3.63, 3.8) is 0 Å². The van der Waals surface area contributed by atoms with Crippen LogP contribution in [0.4, 0.5) is 0 Å². The van der Waals surface area contributed by atoms with Gasteiger partial charge >= 0.3 is 0 Å². The van der Waals surface area contributed by atoms with Gasteiger partial charge in [-0.1, -0.05) is 30.3 Å². The third-order valence-electron chi connectivity index (χ3n) is 2.38. The molecule has 0 unspecified atom stereocenters. The molecule has 78 valence electrons. The van der Waals surface area contributed by atoms with Crippen LogP contribution in [0.1, 0.15) is 19.9 Å². The lowest BCUT2D eigenvalue weighted by Crippen LogP contribution is -2.07. The quantitative estimate of drug-likeness (QED) is 0.798. The molecule has 0 radical (unpaired) electrons. The number of aromatic nitrogens is 2. The van der Waals surface area contributed by atoms with E-state index in [4.69, 9.17) is 0 Å². The highest BCUT2D eigenvalue weighted by Crippen LogP contribution is 2.15. The Morgan fingerprint density at radius 1 is 1.20 bits per heavy atom. The second kappa shape index (κ2) is 3.77. The molecule has 0 aliphatic heterocycles. The van der Waals surface area contributed by atoms with Crippen LogP contribution in [0.15, 0.2) is 41.3 Å². The summed E-state index contributed by atoms with van der Waals surface area (Å²) in [6.45, 7) is 4.06. The first kappa shape index (κ1) is 9.77. The minimum absolute atomic E-state index is 0.0325. The second-order valence-corrected chi connectivity index (χ2v) is 3.85. The van der Waals surface area contributed by atoms with Gasteiger partial charge in [-0.25, -0.2) is 0 Å². The molecule has 0 amide bonds. The van der Waals surface area contributed by atoms with Crippen LogP contribution in [0.5, 0.6) is 0 Å². The van der Waals surface area contributed by atoms with Gasteiger partial charge in [-0.05, 0) is 19.4 Å². The van der Waals surface area contributed by atoms with Crippen LogP contribution >= 0.6 is 0 Å². The largest absolute Gasteiger partial charge is 0.289 e. The van der Waals surface area contributed by atoms with Crippen LogP contribution in [0.3, 0.4) is 0 Å². The van der Waals surface area contributed by atoms with Gasteiger partial charge in [0.2, 0.25) is 0 Å². The predicted octanol–water partition coefficient (Wildman–Crippen LogP) is 2.42. The average molecular weight is 202 g/mol. The van der Waals surface area contributed by atoms with E-state index in [0.717, 1.165) is 11.1 Å². The Morgan fingerprint density at radius 2 is 1.87 bits per heavy atom. The van der Waals surface area contributed by atoms with Crippen LogP contribution in [-0.4, -0.2) is 9.78 Å². The van der Waals surface area contributed by atoms with Gasteiger partial charge in [0.15, 0.2) is 0 Å². The maximum atomic E-state index is 11.7. The number of hydrogen-bond donors (Lipinski definition) is 1. The van der Waals surface area contributed by atoms with E-state index >= 15 is 0 Å². The van der Waals surface area contributed by atoms with E-state index in [9.17, 15) is 4.79 Å². The van der Waals surface area contributed by atoms with Crippen LogP contribution in [0.25, 0.3) is 11.1 Å². The average Bonchev–Trinajstić information content (AvgIpc) is 2.62. The first-order valence-electron chi connectivity index (χ1n) is 5.05. The first-order chi connectivity index (χ1) is 7.18. The Labute approximate surface area is 88.4 Å². The molecular formula is C12H14N2O. The molecule has 0 bridgehead atoms. The molecule has 15 heavy (non-hydrogen) atoms. The van der Waals surface area contributed by atoms with Crippen molar-refractivity contribution in [3.8, 4) is 11.1 Å². The zero-order chi connectivity index (χ0) is 10.8. The number of H-pyrrole nitrogens is 1. The zero-order valence-corrected chi connectivity index (χ0v) is 8.90. The van der Waals surface area contributed by atoms with Crippen molar-refractivity contribution < 1.29 is 0 Å². The lowest BCUT2D eigenvalue weighted by atomic mass is 10.1. The minimum atomic E-state index is -0.0325. The van der Waals surface area contributed by atoms with Crippen molar-refractivity contribution in [1.82, 2.24) is 9.78 Å². The zero-order valence-electron chi connectivity index (χ0n) is 8.90. The molecule has 1 aromatic carbocycles. The summed E-state index contributed by atoms with van der Waals surface area (Å²) in [5.74, 6) is 0. The van der Waals surface area contributed by atoms with Crippen LogP contribution in [-0.2, 0) is 0 Å². The van der Waals surface area contributed by atoms with E-state index in [2.05, 4.69) is 5.10 Å². The maximum absolute atomic E-state index is 11.7. The summed E-state index contributed by atoms with van der Waals surface area (Å²) < 4.78 is 1.82. The lowest BCUT2D eigenvalue weighted by Gasteiger charge is -2.04. The van der Waals surface area contributed by atoms with Gasteiger partial charge < -0.3 is 0 Å². The van der Waals surface area contributed by atoms with Crippen molar-refractivity contribution in [2.45, 2.75) is 19.9 Å². The summed E-state index contributed by atoms with van der Waals surface area (Å²) in [5, 5.41) is 2.80. The van der Waals surface area contributed by atoms with Crippen molar-refractivity contribution >= 4 is 0 Å². The Morgan fingerprint density at radius 3 is 2.40 bits per heavy atom. The van der Waals surface area contributed by atoms with Gasteiger partial charge in [0.05, 0.1) is 5.56 Å². The van der Waals surface area contributed by atoms with Crippen LogP contribution in [0.2, 0.25) is 0 Å². The number of nitrogens with zero attached hydrogens (tertiary/aromatic N) is 1. The number of rotatable bonds is 2. The molecule has 0 saturated heterocycles. The summed E-state index contributed by atoms with van der Waals surface area (Å²) >= 11 is 0. The molecule has 1 aromatic heterocycles. The van der Waals surface area contributed by atoms with E-state index in [1.165, 1.54) is 0 Å². The summed E-state index contributed by atoms with van der Waals surface area (Å²) in [6, 6.07) is 9.96. The molecule has 0 aliphatic rings. The molecule has 3 nitrogen and oxygen atoms in total. The van der Waals surface area contributed by atoms with Gasteiger partial charge in [0.25, 0.3) is 5.56 Å². The molecule has 0 saturated carbocycles. The Bertz CT molecular complexity index is 494. The monoisotopic (exact) mass is 202 g/mol. The summed E-state index contributed by atoms with van der Waals surface area (Å²) in [7, 11) is 0. The highest BCUT2D eigenvalue weighted by Gasteiger charge is 2.07. The predicted molar refractivity (Wildman–Crippen MR) is 60.9 cm³/mol. The van der Waals surface area contributed by atoms with Gasteiger partial charge in [0, 0.05) is 12.2 Å². The minimum Gasteiger partial charge on any atom is -0.289 e.